The Bertz CT molecular complexity index is 1590. The zero-order valence-corrected chi connectivity index (χ0v) is 23.1. The molecule has 4 aromatic rings. The Hall–Kier alpha value is -5.60. The average molecular weight is 592 g/mol. The molecular weight excluding hydrogens is 562 g/mol. The number of carbonyl (C=O) groups is 3. The van der Waals surface area contributed by atoms with Crippen molar-refractivity contribution in [3.05, 3.63) is 82.2 Å². The number of benzene rings is 2. The van der Waals surface area contributed by atoms with Gasteiger partial charge in [0.05, 0.1) is 17.9 Å². The molecule has 224 valence electrons. The highest BCUT2D eigenvalue weighted by molar-refractivity contribution is 5.88. The number of ether oxygens (including phenoxy) is 2. The normalized spacial score (nSPS) is 11.5. The Balaban J connectivity index is 1.39. The summed E-state index contributed by atoms with van der Waals surface area (Å²) in [5.74, 6) is -1.47. The summed E-state index contributed by atoms with van der Waals surface area (Å²) in [6, 6.07) is 13.9. The van der Waals surface area contributed by atoms with Gasteiger partial charge in [0, 0.05) is 32.0 Å². The Labute approximate surface area is 245 Å². The maximum Gasteiger partial charge on any atom is 0.408 e. The van der Waals surface area contributed by atoms with E-state index in [-0.39, 0.29) is 37.2 Å². The number of nitrogens with zero attached hydrogens (tertiary/aromatic N) is 5. The van der Waals surface area contributed by atoms with Crippen molar-refractivity contribution >= 4 is 40.8 Å². The molecular formula is C28H29N7O8. The van der Waals surface area contributed by atoms with Gasteiger partial charge in [0.1, 0.15) is 12.6 Å². The first-order valence-corrected chi connectivity index (χ1v) is 13.3. The Morgan fingerprint density at radius 2 is 1.81 bits per heavy atom. The first-order valence-electron chi connectivity index (χ1n) is 13.3. The van der Waals surface area contributed by atoms with Crippen LogP contribution in [-0.4, -0.2) is 60.2 Å². The molecule has 2 aromatic heterocycles. The number of hydrogen-bond acceptors (Lipinski definition) is 10. The third kappa shape index (κ3) is 8.69. The zero-order valence-electron chi connectivity index (χ0n) is 23.1. The summed E-state index contributed by atoms with van der Waals surface area (Å²) in [5, 5.41) is 25.4. The number of carboxylic acid groups (broad SMARTS) is 1. The van der Waals surface area contributed by atoms with Gasteiger partial charge in [-0.15, -0.1) is 0 Å². The molecule has 0 saturated carbocycles. The Morgan fingerprint density at radius 1 is 1.07 bits per heavy atom. The van der Waals surface area contributed by atoms with E-state index in [1.807, 2.05) is 6.07 Å². The fourth-order valence-corrected chi connectivity index (χ4v) is 4.08. The highest BCUT2D eigenvalue weighted by atomic mass is 16.6. The number of rotatable bonds is 14. The summed E-state index contributed by atoms with van der Waals surface area (Å²) in [7, 11) is 0. The third-order valence-corrected chi connectivity index (χ3v) is 6.19. The van der Waals surface area contributed by atoms with Gasteiger partial charge in [0.25, 0.3) is 5.69 Å². The molecule has 4 rings (SSSR count). The molecule has 0 bridgehead atoms. The second-order valence-corrected chi connectivity index (χ2v) is 9.40. The molecule has 1 atom stereocenters. The third-order valence-electron chi connectivity index (χ3n) is 6.19. The van der Waals surface area contributed by atoms with Crippen LogP contribution in [-0.2, 0) is 33.9 Å². The van der Waals surface area contributed by atoms with E-state index in [0.29, 0.717) is 30.6 Å². The molecule has 0 aliphatic rings. The zero-order chi connectivity index (χ0) is 30.8. The maximum absolute atomic E-state index is 12.2. The lowest BCUT2D eigenvalue weighted by atomic mass is 10.1. The van der Waals surface area contributed by atoms with Gasteiger partial charge in [-0.2, -0.15) is 9.97 Å². The summed E-state index contributed by atoms with van der Waals surface area (Å²) >= 11 is 0. The summed E-state index contributed by atoms with van der Waals surface area (Å²) in [6.07, 6.45) is 1.51. The smallest absolute Gasteiger partial charge is 0.408 e. The van der Waals surface area contributed by atoms with Gasteiger partial charge in [-0.1, -0.05) is 42.5 Å². The van der Waals surface area contributed by atoms with Crippen LogP contribution >= 0.6 is 0 Å². The number of aromatic nitrogens is 4. The molecule has 43 heavy (non-hydrogen) atoms. The predicted molar refractivity (Wildman–Crippen MR) is 152 cm³/mol. The van der Waals surface area contributed by atoms with Crippen LogP contribution in [0.2, 0.25) is 0 Å². The highest BCUT2D eigenvalue weighted by Crippen LogP contribution is 2.24. The van der Waals surface area contributed by atoms with E-state index >= 15 is 0 Å². The molecule has 2 aromatic carbocycles. The number of non-ortho nitro benzene ring substituents is 1. The number of aryl methyl sites for hydroxylation is 1. The van der Waals surface area contributed by atoms with Crippen LogP contribution in [0.15, 0.2) is 60.9 Å². The highest BCUT2D eigenvalue weighted by Gasteiger charge is 2.21. The fourth-order valence-electron chi connectivity index (χ4n) is 4.08. The summed E-state index contributed by atoms with van der Waals surface area (Å²) in [6.45, 7) is 1.78. The minimum atomic E-state index is -1.20. The summed E-state index contributed by atoms with van der Waals surface area (Å²) in [4.78, 5) is 59.0. The summed E-state index contributed by atoms with van der Waals surface area (Å²) in [5.41, 5.74) is 2.25. The van der Waals surface area contributed by atoms with Gasteiger partial charge >= 0.3 is 12.1 Å². The molecule has 3 N–H and O–H groups in total. The van der Waals surface area contributed by atoms with Gasteiger partial charge < -0.3 is 24.5 Å². The van der Waals surface area contributed by atoms with E-state index in [2.05, 4.69) is 25.6 Å². The largest absolute Gasteiger partial charge is 0.480 e. The van der Waals surface area contributed by atoms with E-state index in [1.54, 1.807) is 41.0 Å². The first kappa shape index (κ1) is 30.4. The molecule has 0 unspecified atom stereocenters. The Kier molecular flexibility index (Phi) is 10.1. The van der Waals surface area contributed by atoms with Gasteiger partial charge in [0.2, 0.25) is 17.7 Å². The molecule has 0 radical (unpaired) electrons. The van der Waals surface area contributed by atoms with Gasteiger partial charge in [-0.3, -0.25) is 20.2 Å². The topological polar surface area (TPSA) is 201 Å². The first-order chi connectivity index (χ1) is 20.7. The van der Waals surface area contributed by atoms with Crippen LogP contribution < -0.4 is 15.4 Å². The van der Waals surface area contributed by atoms with Crippen molar-refractivity contribution in [1.29, 1.82) is 0 Å². The van der Waals surface area contributed by atoms with Crippen LogP contribution in [0.4, 0.5) is 16.4 Å². The number of nitro groups is 1. The van der Waals surface area contributed by atoms with E-state index in [4.69, 9.17) is 9.47 Å². The van der Waals surface area contributed by atoms with Crippen LogP contribution in [0.5, 0.6) is 5.88 Å². The van der Waals surface area contributed by atoms with Crippen LogP contribution in [0.3, 0.4) is 0 Å². The number of nitro benzene ring substituents is 1. The van der Waals surface area contributed by atoms with E-state index in [0.717, 1.165) is 11.1 Å². The number of alkyl carbamates (subject to hydrolysis) is 1. The number of nitrogens with one attached hydrogen (secondary N) is 2. The number of hydrogen-bond donors (Lipinski definition) is 3. The lowest BCUT2D eigenvalue weighted by molar-refractivity contribution is -0.384. The van der Waals surface area contributed by atoms with Crippen molar-refractivity contribution < 1.29 is 33.9 Å². The lowest BCUT2D eigenvalue weighted by Crippen LogP contribution is -2.41. The molecule has 0 aliphatic carbocycles. The molecule has 15 nitrogen and oxygen atoms in total. The van der Waals surface area contributed by atoms with Crippen molar-refractivity contribution in [2.75, 3.05) is 11.9 Å². The molecule has 15 heteroatoms. The van der Waals surface area contributed by atoms with Crippen molar-refractivity contribution in [2.45, 2.75) is 45.4 Å². The quantitative estimate of drug-likeness (QED) is 0.143. The monoisotopic (exact) mass is 591 g/mol. The molecule has 2 heterocycles. The molecule has 2 amide bonds. The number of carboxylic acids is 1. The van der Waals surface area contributed by atoms with Gasteiger partial charge in [0.15, 0.2) is 11.2 Å². The van der Waals surface area contributed by atoms with E-state index in [1.165, 1.54) is 25.4 Å². The fraction of sp³-hybridized carbons (Fsp3) is 0.286. The van der Waals surface area contributed by atoms with Crippen LogP contribution in [0.1, 0.15) is 30.9 Å². The predicted octanol–water partition coefficient (Wildman–Crippen LogP) is 3.47. The van der Waals surface area contributed by atoms with Gasteiger partial charge in [-0.05, 0) is 24.0 Å². The number of carbonyl (C=O) groups excluding carboxylic acids is 2. The van der Waals surface area contributed by atoms with Crippen molar-refractivity contribution in [1.82, 2.24) is 24.8 Å². The Morgan fingerprint density at radius 3 is 2.49 bits per heavy atom. The number of anilines is 1. The minimum Gasteiger partial charge on any atom is -0.480 e. The van der Waals surface area contributed by atoms with Crippen LogP contribution in [0.25, 0.3) is 11.2 Å². The second kappa shape index (κ2) is 14.3. The summed E-state index contributed by atoms with van der Waals surface area (Å²) < 4.78 is 12.7. The van der Waals surface area contributed by atoms with Crippen molar-refractivity contribution in [3.8, 4) is 5.88 Å². The van der Waals surface area contributed by atoms with Crippen molar-refractivity contribution in [3.63, 3.8) is 0 Å². The van der Waals surface area contributed by atoms with E-state index < -0.39 is 28.9 Å². The molecule has 0 saturated heterocycles. The van der Waals surface area contributed by atoms with Crippen molar-refractivity contribution in [2.24, 2.45) is 0 Å². The van der Waals surface area contributed by atoms with E-state index in [9.17, 15) is 29.6 Å². The lowest BCUT2D eigenvalue weighted by Gasteiger charge is -2.15. The minimum absolute atomic E-state index is 0.00155. The maximum atomic E-state index is 12.2. The standard InChI is InChI=1S/C28H29N7O8/c1-18(36)30-27-32-24-23(25(33-27)42-15-13-19-9-11-21(12-10-19)35(40)41)29-17-34(24)14-5-8-22(26(37)38)31-28(39)43-16-20-6-3-2-4-7-20/h2-4,6-7,9-12,17,22H,5,8,13-16H2,1H3,(H,31,39)(H,37,38)(H,30,32,33,36)/t22-/m0/s1. The number of fused-ring (bicyclic) bond motifs is 1. The SMILES string of the molecule is CC(=O)Nc1nc(OCCc2ccc([N+](=O)[O-])cc2)c2ncn(CCC[C@H](NC(=O)OCc3ccccc3)C(=O)O)c2n1. The second-order valence-electron chi connectivity index (χ2n) is 9.40. The molecule has 0 fully saturated rings. The number of imidazole rings is 1. The number of amides is 2. The average Bonchev–Trinajstić information content (AvgIpc) is 3.38. The van der Waals surface area contributed by atoms with Crippen LogP contribution in [0, 0.1) is 10.1 Å². The molecule has 0 spiro atoms. The molecule has 0 aliphatic heterocycles. The van der Waals surface area contributed by atoms with Gasteiger partial charge in [-0.25, -0.2) is 14.6 Å². The number of aliphatic carboxylic acids is 1.